The van der Waals surface area contributed by atoms with Gasteiger partial charge in [-0.2, -0.15) is 0 Å². The SMILES string of the molecule is CC1CC2(CC(C)O1)CC2C(=O)O. The zero-order valence-corrected chi connectivity index (χ0v) is 8.12. The maximum atomic E-state index is 10.8. The molecule has 2 rings (SSSR count). The summed E-state index contributed by atoms with van der Waals surface area (Å²) in [6.45, 7) is 4.07. The Labute approximate surface area is 78.1 Å². The minimum Gasteiger partial charge on any atom is -0.481 e. The predicted octanol–water partition coefficient (Wildman–Crippen LogP) is 1.66. The van der Waals surface area contributed by atoms with E-state index in [2.05, 4.69) is 0 Å². The molecule has 3 atom stereocenters. The summed E-state index contributed by atoms with van der Waals surface area (Å²) >= 11 is 0. The molecule has 1 aliphatic carbocycles. The Hall–Kier alpha value is -0.570. The molecule has 0 amide bonds. The average molecular weight is 184 g/mol. The van der Waals surface area contributed by atoms with Crippen LogP contribution >= 0.6 is 0 Å². The Morgan fingerprint density at radius 3 is 2.23 bits per heavy atom. The molecule has 74 valence electrons. The van der Waals surface area contributed by atoms with E-state index >= 15 is 0 Å². The maximum Gasteiger partial charge on any atom is 0.307 e. The molecule has 0 aromatic carbocycles. The van der Waals surface area contributed by atoms with Crippen molar-refractivity contribution in [3.05, 3.63) is 0 Å². The molecule has 1 spiro atoms. The van der Waals surface area contributed by atoms with Gasteiger partial charge in [-0.15, -0.1) is 0 Å². The molecule has 1 saturated heterocycles. The number of rotatable bonds is 1. The van der Waals surface area contributed by atoms with Crippen molar-refractivity contribution < 1.29 is 14.6 Å². The summed E-state index contributed by atoms with van der Waals surface area (Å²) < 4.78 is 5.60. The molecular formula is C10H16O3. The van der Waals surface area contributed by atoms with E-state index in [1.807, 2.05) is 13.8 Å². The van der Waals surface area contributed by atoms with Gasteiger partial charge in [0.05, 0.1) is 18.1 Å². The minimum atomic E-state index is -0.624. The third-order valence-electron chi connectivity index (χ3n) is 3.34. The summed E-state index contributed by atoms with van der Waals surface area (Å²) in [5.74, 6) is -0.720. The minimum absolute atomic E-state index is 0.0862. The Kier molecular flexibility index (Phi) is 1.88. The van der Waals surface area contributed by atoms with Crippen LogP contribution < -0.4 is 0 Å². The third kappa shape index (κ3) is 1.46. The van der Waals surface area contributed by atoms with Gasteiger partial charge in [0.15, 0.2) is 0 Å². The normalized spacial score (nSPS) is 49.2. The number of carboxylic acids is 1. The van der Waals surface area contributed by atoms with Gasteiger partial charge < -0.3 is 9.84 Å². The van der Waals surface area contributed by atoms with Crippen molar-refractivity contribution in [3.8, 4) is 0 Å². The van der Waals surface area contributed by atoms with Crippen LogP contribution in [0.1, 0.15) is 33.1 Å². The topological polar surface area (TPSA) is 46.5 Å². The van der Waals surface area contributed by atoms with Gasteiger partial charge in [0, 0.05) is 0 Å². The third-order valence-corrected chi connectivity index (χ3v) is 3.34. The Bertz CT molecular complexity index is 226. The van der Waals surface area contributed by atoms with Gasteiger partial charge >= 0.3 is 5.97 Å². The van der Waals surface area contributed by atoms with Crippen molar-refractivity contribution in [3.63, 3.8) is 0 Å². The number of carboxylic acid groups (broad SMARTS) is 1. The van der Waals surface area contributed by atoms with Crippen molar-refractivity contribution in [2.75, 3.05) is 0 Å². The first-order valence-electron chi connectivity index (χ1n) is 4.92. The van der Waals surface area contributed by atoms with Crippen LogP contribution in [0.5, 0.6) is 0 Å². The highest BCUT2D eigenvalue weighted by Gasteiger charge is 2.60. The van der Waals surface area contributed by atoms with Crippen LogP contribution in [0.15, 0.2) is 0 Å². The fraction of sp³-hybridized carbons (Fsp3) is 0.900. The van der Waals surface area contributed by atoms with Crippen LogP contribution in [0.3, 0.4) is 0 Å². The summed E-state index contributed by atoms with van der Waals surface area (Å²) in [5.41, 5.74) is 0.0862. The summed E-state index contributed by atoms with van der Waals surface area (Å²) in [7, 11) is 0. The second kappa shape index (κ2) is 2.71. The van der Waals surface area contributed by atoms with Crippen LogP contribution in [0.4, 0.5) is 0 Å². The number of carbonyl (C=O) groups is 1. The first kappa shape index (κ1) is 9.00. The molecule has 3 unspecified atom stereocenters. The molecule has 2 aliphatic rings. The van der Waals surface area contributed by atoms with Gasteiger partial charge in [-0.1, -0.05) is 0 Å². The Morgan fingerprint density at radius 2 is 1.85 bits per heavy atom. The molecule has 0 radical (unpaired) electrons. The van der Waals surface area contributed by atoms with Crippen LogP contribution in [-0.4, -0.2) is 23.3 Å². The first-order valence-corrected chi connectivity index (χ1v) is 4.92. The molecule has 0 aromatic rings. The van der Waals surface area contributed by atoms with Crippen molar-refractivity contribution >= 4 is 5.97 Å². The predicted molar refractivity (Wildman–Crippen MR) is 47.4 cm³/mol. The molecule has 0 bridgehead atoms. The maximum absolute atomic E-state index is 10.8. The highest BCUT2D eigenvalue weighted by molar-refractivity contribution is 5.74. The zero-order chi connectivity index (χ0) is 9.64. The molecule has 13 heavy (non-hydrogen) atoms. The van der Waals surface area contributed by atoms with Gasteiger partial charge in [-0.3, -0.25) is 4.79 Å². The summed E-state index contributed by atoms with van der Waals surface area (Å²) in [5, 5.41) is 8.90. The van der Waals surface area contributed by atoms with Crippen molar-refractivity contribution in [1.29, 1.82) is 0 Å². The fourth-order valence-corrected chi connectivity index (χ4v) is 2.87. The first-order chi connectivity index (χ1) is 6.03. The Balaban J connectivity index is 2.05. The smallest absolute Gasteiger partial charge is 0.307 e. The summed E-state index contributed by atoms with van der Waals surface area (Å²) in [4.78, 5) is 10.8. The number of hydrogen-bond acceptors (Lipinski definition) is 2. The highest BCUT2D eigenvalue weighted by Crippen LogP contribution is 2.61. The van der Waals surface area contributed by atoms with E-state index in [4.69, 9.17) is 9.84 Å². The number of hydrogen-bond donors (Lipinski definition) is 1. The number of aliphatic carboxylic acids is 1. The second-order valence-electron chi connectivity index (χ2n) is 4.62. The molecule has 2 fully saturated rings. The van der Waals surface area contributed by atoms with Gasteiger partial charge in [-0.05, 0) is 38.5 Å². The van der Waals surface area contributed by atoms with Crippen molar-refractivity contribution in [1.82, 2.24) is 0 Å². The van der Waals surface area contributed by atoms with Crippen molar-refractivity contribution in [2.45, 2.75) is 45.3 Å². The van der Waals surface area contributed by atoms with E-state index in [0.717, 1.165) is 19.3 Å². The molecule has 1 N–H and O–H groups in total. The van der Waals surface area contributed by atoms with E-state index in [9.17, 15) is 4.79 Å². The molecule has 1 heterocycles. The standard InChI is InChI=1S/C10H16O3/c1-6-3-10(4-7(2)13-6)5-8(10)9(11)12/h6-8H,3-5H2,1-2H3,(H,11,12). The molecule has 3 heteroatoms. The van der Waals surface area contributed by atoms with E-state index in [-0.39, 0.29) is 23.5 Å². The largest absolute Gasteiger partial charge is 0.481 e. The molecular weight excluding hydrogens is 168 g/mol. The summed E-state index contributed by atoms with van der Waals surface area (Å²) in [6.07, 6.45) is 3.17. The highest BCUT2D eigenvalue weighted by atomic mass is 16.5. The fourth-order valence-electron chi connectivity index (χ4n) is 2.87. The number of ether oxygens (including phenoxy) is 1. The monoisotopic (exact) mass is 184 g/mol. The van der Waals surface area contributed by atoms with Crippen LogP contribution in [0.2, 0.25) is 0 Å². The van der Waals surface area contributed by atoms with Gasteiger partial charge in [-0.25, -0.2) is 0 Å². The van der Waals surface area contributed by atoms with Crippen LogP contribution in [-0.2, 0) is 9.53 Å². The van der Waals surface area contributed by atoms with Crippen molar-refractivity contribution in [2.24, 2.45) is 11.3 Å². The lowest BCUT2D eigenvalue weighted by molar-refractivity contribution is -0.141. The quantitative estimate of drug-likeness (QED) is 0.674. The average Bonchev–Trinajstić information content (AvgIpc) is 2.60. The van der Waals surface area contributed by atoms with Crippen LogP contribution in [0.25, 0.3) is 0 Å². The lowest BCUT2D eigenvalue weighted by Crippen LogP contribution is -2.32. The Morgan fingerprint density at radius 1 is 1.31 bits per heavy atom. The molecule has 1 aliphatic heterocycles. The summed E-state index contributed by atoms with van der Waals surface area (Å²) in [6, 6.07) is 0. The molecule has 1 saturated carbocycles. The molecule has 3 nitrogen and oxygen atoms in total. The van der Waals surface area contributed by atoms with E-state index < -0.39 is 5.97 Å². The lowest BCUT2D eigenvalue weighted by Gasteiger charge is -2.32. The van der Waals surface area contributed by atoms with Crippen LogP contribution in [0, 0.1) is 11.3 Å². The van der Waals surface area contributed by atoms with Gasteiger partial charge in [0.1, 0.15) is 0 Å². The zero-order valence-electron chi connectivity index (χ0n) is 8.12. The van der Waals surface area contributed by atoms with E-state index in [0.29, 0.717) is 0 Å². The lowest BCUT2D eigenvalue weighted by atomic mass is 9.87. The molecule has 0 aromatic heterocycles. The van der Waals surface area contributed by atoms with E-state index in [1.165, 1.54) is 0 Å². The second-order valence-corrected chi connectivity index (χ2v) is 4.62. The van der Waals surface area contributed by atoms with E-state index in [1.54, 1.807) is 0 Å². The van der Waals surface area contributed by atoms with Gasteiger partial charge in [0.2, 0.25) is 0 Å². The van der Waals surface area contributed by atoms with Gasteiger partial charge in [0.25, 0.3) is 0 Å².